The topological polar surface area (TPSA) is 73.1 Å². The number of carbonyl (C=O) groups is 1. The average Bonchev–Trinajstić information content (AvgIpc) is 3.26. The number of anilines is 1. The Morgan fingerprint density at radius 1 is 1.16 bits per heavy atom. The van der Waals surface area contributed by atoms with Gasteiger partial charge in [0.05, 0.1) is 17.8 Å². The van der Waals surface area contributed by atoms with Crippen LogP contribution >= 0.6 is 12.2 Å². The third kappa shape index (κ3) is 4.61. The van der Waals surface area contributed by atoms with Gasteiger partial charge < -0.3 is 20.5 Å². The van der Waals surface area contributed by atoms with E-state index in [0.717, 1.165) is 28.3 Å². The number of carbonyl (C=O) groups excluding carboxylic acids is 1. The van der Waals surface area contributed by atoms with Crippen molar-refractivity contribution in [3.8, 4) is 0 Å². The van der Waals surface area contributed by atoms with Crippen LogP contribution < -0.4 is 10.6 Å². The van der Waals surface area contributed by atoms with Crippen LogP contribution in [0.15, 0.2) is 54.7 Å². The highest BCUT2D eigenvalue weighted by atomic mass is 32.1. The van der Waals surface area contributed by atoms with E-state index in [2.05, 4.69) is 38.5 Å². The first-order valence-corrected chi connectivity index (χ1v) is 10.8. The molecule has 3 heterocycles. The number of H-pyrrole nitrogens is 1. The molecule has 4 rings (SSSR count). The van der Waals surface area contributed by atoms with Crippen molar-refractivity contribution in [1.29, 1.82) is 0 Å². The van der Waals surface area contributed by atoms with Crippen LogP contribution in [0.2, 0.25) is 0 Å². The van der Waals surface area contributed by atoms with Gasteiger partial charge in [-0.15, -0.1) is 0 Å². The molecule has 0 spiro atoms. The SMILES string of the molecule is Cc1ccc(NC(=O)CCN2C(=S)N[C@H](c3ccccn3)[C@@H]2c2cc(C)[nH]c2C)cc1. The minimum Gasteiger partial charge on any atom is -0.362 e. The molecule has 2 aromatic heterocycles. The van der Waals surface area contributed by atoms with Gasteiger partial charge in [0, 0.05) is 36.2 Å². The van der Waals surface area contributed by atoms with Gasteiger partial charge in [0.15, 0.2) is 5.11 Å². The summed E-state index contributed by atoms with van der Waals surface area (Å²) >= 11 is 5.69. The normalized spacial score (nSPS) is 18.2. The largest absolute Gasteiger partial charge is 0.362 e. The summed E-state index contributed by atoms with van der Waals surface area (Å²) in [6, 6.07) is 15.7. The fourth-order valence-electron chi connectivity index (χ4n) is 4.12. The first-order valence-electron chi connectivity index (χ1n) is 10.4. The second-order valence-corrected chi connectivity index (χ2v) is 8.40. The molecule has 1 saturated heterocycles. The number of nitrogens with one attached hydrogen (secondary N) is 3. The minimum absolute atomic E-state index is 0.0336. The fraction of sp³-hybridized carbons (Fsp3) is 0.292. The number of hydrogen-bond donors (Lipinski definition) is 3. The van der Waals surface area contributed by atoms with Gasteiger partial charge in [-0.05, 0) is 68.9 Å². The predicted molar refractivity (Wildman–Crippen MR) is 127 cm³/mol. The molecule has 2 atom stereocenters. The van der Waals surface area contributed by atoms with Crippen LogP contribution in [-0.2, 0) is 4.79 Å². The molecule has 6 nitrogen and oxygen atoms in total. The van der Waals surface area contributed by atoms with Gasteiger partial charge in [-0.3, -0.25) is 9.78 Å². The Bertz CT molecular complexity index is 1080. The van der Waals surface area contributed by atoms with Crippen LogP contribution in [0.1, 0.15) is 46.7 Å². The molecular formula is C24H27N5OS. The highest BCUT2D eigenvalue weighted by Crippen LogP contribution is 2.40. The highest BCUT2D eigenvalue weighted by molar-refractivity contribution is 7.80. The van der Waals surface area contributed by atoms with Crippen molar-refractivity contribution >= 4 is 28.9 Å². The van der Waals surface area contributed by atoms with Gasteiger partial charge in [0.1, 0.15) is 0 Å². The van der Waals surface area contributed by atoms with Crippen LogP contribution in [0, 0.1) is 20.8 Å². The number of aryl methyl sites for hydroxylation is 3. The molecule has 0 unspecified atom stereocenters. The molecule has 0 aliphatic carbocycles. The summed E-state index contributed by atoms with van der Waals surface area (Å²) in [7, 11) is 0. The van der Waals surface area contributed by atoms with E-state index in [0.29, 0.717) is 18.1 Å². The smallest absolute Gasteiger partial charge is 0.226 e. The molecule has 0 radical (unpaired) electrons. The maximum Gasteiger partial charge on any atom is 0.226 e. The molecule has 31 heavy (non-hydrogen) atoms. The van der Waals surface area contributed by atoms with Crippen molar-refractivity contribution in [2.45, 2.75) is 39.3 Å². The lowest BCUT2D eigenvalue weighted by Crippen LogP contribution is -2.32. The molecule has 1 aromatic carbocycles. The van der Waals surface area contributed by atoms with Crippen LogP contribution in [0.5, 0.6) is 0 Å². The van der Waals surface area contributed by atoms with Gasteiger partial charge >= 0.3 is 0 Å². The zero-order valence-electron chi connectivity index (χ0n) is 18.0. The maximum absolute atomic E-state index is 12.6. The summed E-state index contributed by atoms with van der Waals surface area (Å²) in [5.41, 5.74) is 6.26. The van der Waals surface area contributed by atoms with E-state index in [1.807, 2.05) is 56.3 Å². The van der Waals surface area contributed by atoms with Crippen molar-refractivity contribution in [2.75, 3.05) is 11.9 Å². The Kier molecular flexibility index (Phi) is 6.04. The zero-order valence-corrected chi connectivity index (χ0v) is 18.8. The van der Waals surface area contributed by atoms with Crippen molar-refractivity contribution in [2.24, 2.45) is 0 Å². The van der Waals surface area contributed by atoms with E-state index in [1.54, 1.807) is 6.20 Å². The second kappa shape index (κ2) is 8.89. The molecule has 1 aliphatic heterocycles. The monoisotopic (exact) mass is 433 g/mol. The van der Waals surface area contributed by atoms with Crippen LogP contribution in [0.3, 0.4) is 0 Å². The lowest BCUT2D eigenvalue weighted by atomic mass is 9.96. The first kappa shape index (κ1) is 21.1. The molecule has 7 heteroatoms. The Morgan fingerprint density at radius 3 is 2.58 bits per heavy atom. The summed E-state index contributed by atoms with van der Waals surface area (Å²) in [4.78, 5) is 22.7. The quantitative estimate of drug-likeness (QED) is 0.505. The summed E-state index contributed by atoms with van der Waals surface area (Å²) in [6.07, 6.45) is 2.13. The Hall–Kier alpha value is -3.19. The van der Waals surface area contributed by atoms with Gasteiger partial charge in [-0.2, -0.15) is 0 Å². The summed E-state index contributed by atoms with van der Waals surface area (Å²) in [5.74, 6) is -0.0336. The van der Waals surface area contributed by atoms with Crippen molar-refractivity contribution in [1.82, 2.24) is 20.2 Å². The predicted octanol–water partition coefficient (Wildman–Crippen LogP) is 4.34. The maximum atomic E-state index is 12.6. The molecule has 0 saturated carbocycles. The Balaban J connectivity index is 1.54. The molecular weight excluding hydrogens is 406 g/mol. The number of thiocarbonyl (C=S) groups is 1. The summed E-state index contributed by atoms with van der Waals surface area (Å²) in [5, 5.41) is 7.05. The van der Waals surface area contributed by atoms with Gasteiger partial charge in [-0.25, -0.2) is 0 Å². The number of aromatic nitrogens is 2. The fourth-order valence-corrected chi connectivity index (χ4v) is 4.45. The summed E-state index contributed by atoms with van der Waals surface area (Å²) in [6.45, 7) is 6.66. The van der Waals surface area contributed by atoms with E-state index < -0.39 is 0 Å². The van der Waals surface area contributed by atoms with E-state index >= 15 is 0 Å². The molecule has 3 N–H and O–H groups in total. The zero-order chi connectivity index (χ0) is 22.0. The lowest BCUT2D eigenvalue weighted by molar-refractivity contribution is -0.116. The van der Waals surface area contributed by atoms with E-state index in [9.17, 15) is 4.79 Å². The molecule has 3 aromatic rings. The second-order valence-electron chi connectivity index (χ2n) is 8.02. The number of amides is 1. The van der Waals surface area contributed by atoms with E-state index in [4.69, 9.17) is 12.2 Å². The van der Waals surface area contributed by atoms with Crippen molar-refractivity contribution < 1.29 is 4.79 Å². The number of pyridine rings is 1. The Labute approximate surface area is 188 Å². The minimum atomic E-state index is -0.0808. The number of benzene rings is 1. The third-order valence-electron chi connectivity index (χ3n) is 5.62. The number of hydrogen-bond acceptors (Lipinski definition) is 3. The van der Waals surface area contributed by atoms with E-state index in [-0.39, 0.29) is 18.0 Å². The molecule has 1 amide bonds. The molecule has 160 valence electrons. The van der Waals surface area contributed by atoms with Crippen LogP contribution in [-0.4, -0.2) is 32.4 Å². The van der Waals surface area contributed by atoms with Crippen molar-refractivity contribution in [3.63, 3.8) is 0 Å². The first-order chi connectivity index (χ1) is 14.9. The van der Waals surface area contributed by atoms with Gasteiger partial charge in [0.2, 0.25) is 5.91 Å². The average molecular weight is 434 g/mol. The van der Waals surface area contributed by atoms with Crippen molar-refractivity contribution in [3.05, 3.63) is 82.9 Å². The third-order valence-corrected chi connectivity index (χ3v) is 5.97. The van der Waals surface area contributed by atoms with Crippen LogP contribution in [0.4, 0.5) is 5.69 Å². The molecule has 1 fully saturated rings. The van der Waals surface area contributed by atoms with Gasteiger partial charge in [0.25, 0.3) is 0 Å². The standard InChI is InChI=1S/C24H27N5OS/c1-15-7-9-18(10-8-15)27-21(30)11-13-29-23(19-14-16(2)26-17(19)3)22(28-24(29)31)20-6-4-5-12-25-20/h4-10,12,14,22-23,26H,11,13H2,1-3H3,(H,27,30)(H,28,31)/t22-,23+/m1/s1. The summed E-state index contributed by atoms with van der Waals surface area (Å²) < 4.78 is 0. The number of rotatable bonds is 6. The van der Waals surface area contributed by atoms with Crippen LogP contribution in [0.25, 0.3) is 0 Å². The highest BCUT2D eigenvalue weighted by Gasteiger charge is 2.40. The van der Waals surface area contributed by atoms with E-state index in [1.165, 1.54) is 5.56 Å². The number of nitrogens with zero attached hydrogens (tertiary/aromatic N) is 2. The number of aromatic amines is 1. The van der Waals surface area contributed by atoms with Gasteiger partial charge in [-0.1, -0.05) is 23.8 Å². The lowest BCUT2D eigenvalue weighted by Gasteiger charge is -2.27. The Morgan fingerprint density at radius 2 is 1.94 bits per heavy atom. The molecule has 0 bridgehead atoms. The molecule has 1 aliphatic rings.